The highest BCUT2D eigenvalue weighted by Crippen LogP contribution is 2.44. The van der Waals surface area contributed by atoms with Crippen molar-refractivity contribution in [1.82, 2.24) is 0 Å². The van der Waals surface area contributed by atoms with Crippen molar-refractivity contribution < 1.29 is 0 Å². The van der Waals surface area contributed by atoms with Crippen LogP contribution in [0.3, 0.4) is 0 Å². The molecule has 2 rings (SSSR count). The van der Waals surface area contributed by atoms with E-state index in [1.165, 1.54) is 21.7 Å². The Bertz CT molecular complexity index is 590. The van der Waals surface area contributed by atoms with Gasteiger partial charge in [-0.2, -0.15) is 0 Å². The molecular weight excluding hydrogens is 307 g/mol. The molecule has 0 fully saturated rings. The molecule has 0 aliphatic rings. The second kappa shape index (κ2) is 6.34. The molecule has 0 radical (unpaired) electrons. The summed E-state index contributed by atoms with van der Waals surface area (Å²) in [6, 6.07) is 17.2. The number of hydrogen-bond acceptors (Lipinski definition) is 0. The summed E-state index contributed by atoms with van der Waals surface area (Å²) in [6.07, 6.45) is 0. The lowest BCUT2D eigenvalue weighted by Gasteiger charge is -2.28. The van der Waals surface area contributed by atoms with Gasteiger partial charge in [0.15, 0.2) is 0 Å². The molecule has 2 aromatic rings. The lowest BCUT2D eigenvalue weighted by Crippen LogP contribution is -2.26. The molecule has 118 valence electrons. The Morgan fingerprint density at radius 2 is 0.955 bits per heavy atom. The smallest absolute Gasteiger partial charge is 0.0530 e. The average molecular weight is 333 g/mol. The van der Waals surface area contributed by atoms with Crippen molar-refractivity contribution in [1.29, 1.82) is 0 Å². The summed E-state index contributed by atoms with van der Waals surface area (Å²) in [5.74, 6) is 0. The minimum absolute atomic E-state index is 0.0999. The molecule has 0 unspecified atom stereocenters. The van der Waals surface area contributed by atoms with E-state index in [2.05, 4.69) is 90.1 Å². The van der Waals surface area contributed by atoms with Crippen LogP contribution in [0.15, 0.2) is 48.5 Å². The van der Waals surface area contributed by atoms with Crippen LogP contribution in [0.1, 0.15) is 52.7 Å². The monoisotopic (exact) mass is 332 g/mol. The van der Waals surface area contributed by atoms with Crippen LogP contribution in [0.25, 0.3) is 0 Å². The Morgan fingerprint density at radius 3 is 1.27 bits per heavy atom. The zero-order valence-corrected chi connectivity index (χ0v) is 16.1. The van der Waals surface area contributed by atoms with E-state index >= 15 is 0 Å². The molecule has 22 heavy (non-hydrogen) atoms. The third kappa shape index (κ3) is 3.73. The fraction of sp³-hybridized carbons (Fsp3) is 0.400. The third-order valence-corrected chi connectivity index (χ3v) is 6.57. The average Bonchev–Trinajstić information content (AvgIpc) is 2.45. The fourth-order valence-electron chi connectivity index (χ4n) is 2.69. The highest BCUT2D eigenvalue weighted by atomic mass is 35.7. The molecule has 0 spiro atoms. The van der Waals surface area contributed by atoms with Gasteiger partial charge in [-0.25, -0.2) is 0 Å². The quantitative estimate of drug-likeness (QED) is 0.603. The predicted molar refractivity (Wildman–Crippen MR) is 102 cm³/mol. The molecule has 0 saturated carbocycles. The second-order valence-corrected chi connectivity index (χ2v) is 10.4. The minimum atomic E-state index is -0.869. The van der Waals surface area contributed by atoms with Crippen LogP contribution in [0, 0.1) is 0 Å². The van der Waals surface area contributed by atoms with Crippen molar-refractivity contribution in [3.63, 3.8) is 0 Å². The molecule has 0 nitrogen and oxygen atoms in total. The number of halogens is 1. The molecular formula is C20H26ClP. The van der Waals surface area contributed by atoms with Gasteiger partial charge in [0, 0.05) is 0 Å². The topological polar surface area (TPSA) is 0 Å². The minimum Gasteiger partial charge on any atom is -0.0858 e. The van der Waals surface area contributed by atoms with Gasteiger partial charge in [-0.1, -0.05) is 101 Å². The summed E-state index contributed by atoms with van der Waals surface area (Å²) in [6.45, 7) is 13.5. The van der Waals surface area contributed by atoms with Crippen molar-refractivity contribution in [3.8, 4) is 0 Å². The molecule has 2 aromatic carbocycles. The van der Waals surface area contributed by atoms with E-state index in [0.29, 0.717) is 0 Å². The standard InChI is InChI=1S/C20H26ClP/c1-19(2,3)15-11-7-9-13-17(15)22(21)18-14-10-8-12-16(18)20(4,5)6/h7-14H,1-6H3. The molecule has 0 N–H and O–H groups in total. The van der Waals surface area contributed by atoms with Crippen molar-refractivity contribution >= 4 is 29.1 Å². The summed E-state index contributed by atoms with van der Waals surface area (Å²) in [5.41, 5.74) is 2.89. The number of benzene rings is 2. The Labute approximate surface area is 141 Å². The summed E-state index contributed by atoms with van der Waals surface area (Å²) >= 11 is 7.02. The van der Waals surface area contributed by atoms with Crippen molar-refractivity contribution in [2.24, 2.45) is 0 Å². The van der Waals surface area contributed by atoms with Gasteiger partial charge in [-0.05, 0) is 32.6 Å². The zero-order chi connectivity index (χ0) is 16.5. The summed E-state index contributed by atoms with van der Waals surface area (Å²) in [7, 11) is -0.869. The van der Waals surface area contributed by atoms with Gasteiger partial charge in [-0.15, -0.1) is 0 Å². The Balaban J connectivity index is 2.58. The van der Waals surface area contributed by atoms with E-state index in [1.54, 1.807) is 0 Å². The van der Waals surface area contributed by atoms with E-state index in [9.17, 15) is 0 Å². The van der Waals surface area contributed by atoms with Crippen LogP contribution in [-0.4, -0.2) is 0 Å². The van der Waals surface area contributed by atoms with E-state index in [-0.39, 0.29) is 10.8 Å². The van der Waals surface area contributed by atoms with Gasteiger partial charge in [0.25, 0.3) is 0 Å². The predicted octanol–water partition coefficient (Wildman–Crippen LogP) is 5.87. The third-order valence-electron chi connectivity index (χ3n) is 3.85. The van der Waals surface area contributed by atoms with Crippen LogP contribution in [-0.2, 0) is 10.8 Å². The van der Waals surface area contributed by atoms with Crippen LogP contribution >= 0.6 is 18.5 Å². The number of rotatable bonds is 2. The fourth-order valence-corrected chi connectivity index (χ4v) is 5.51. The van der Waals surface area contributed by atoms with Crippen LogP contribution in [0.2, 0.25) is 0 Å². The maximum atomic E-state index is 7.02. The van der Waals surface area contributed by atoms with E-state index in [1.807, 2.05) is 0 Å². The molecule has 0 aliphatic carbocycles. The van der Waals surface area contributed by atoms with Gasteiger partial charge >= 0.3 is 0 Å². The molecule has 2 heteroatoms. The highest BCUT2D eigenvalue weighted by molar-refractivity contribution is 7.95. The summed E-state index contributed by atoms with van der Waals surface area (Å²) < 4.78 is 0. The maximum absolute atomic E-state index is 7.02. The van der Waals surface area contributed by atoms with Gasteiger partial charge in [0.2, 0.25) is 0 Å². The van der Waals surface area contributed by atoms with E-state index in [0.717, 1.165) is 0 Å². The first-order valence-electron chi connectivity index (χ1n) is 7.77. The molecule has 0 heterocycles. The van der Waals surface area contributed by atoms with E-state index < -0.39 is 7.27 Å². The Kier molecular flexibility index (Phi) is 5.05. The van der Waals surface area contributed by atoms with Gasteiger partial charge < -0.3 is 0 Å². The largest absolute Gasteiger partial charge is 0.0858 e. The zero-order valence-electron chi connectivity index (χ0n) is 14.4. The number of hydrogen-bond donors (Lipinski definition) is 0. The summed E-state index contributed by atoms with van der Waals surface area (Å²) in [4.78, 5) is 0. The van der Waals surface area contributed by atoms with Gasteiger partial charge in [-0.3, -0.25) is 0 Å². The van der Waals surface area contributed by atoms with E-state index in [4.69, 9.17) is 11.2 Å². The molecule has 0 amide bonds. The van der Waals surface area contributed by atoms with Crippen LogP contribution in [0.5, 0.6) is 0 Å². The highest BCUT2D eigenvalue weighted by Gasteiger charge is 2.26. The molecule has 0 atom stereocenters. The van der Waals surface area contributed by atoms with Gasteiger partial charge in [0.1, 0.15) is 0 Å². The van der Waals surface area contributed by atoms with Crippen molar-refractivity contribution in [2.75, 3.05) is 0 Å². The van der Waals surface area contributed by atoms with Crippen LogP contribution in [0.4, 0.5) is 0 Å². The van der Waals surface area contributed by atoms with Crippen molar-refractivity contribution in [3.05, 3.63) is 59.7 Å². The first-order chi connectivity index (χ1) is 10.1. The summed E-state index contributed by atoms with van der Waals surface area (Å²) in [5, 5.41) is 2.56. The van der Waals surface area contributed by atoms with Crippen molar-refractivity contribution in [2.45, 2.75) is 52.4 Å². The Hall–Kier alpha value is -0.840. The molecule has 0 aromatic heterocycles. The first-order valence-corrected chi connectivity index (χ1v) is 10.0. The normalized spacial score (nSPS) is 12.7. The maximum Gasteiger partial charge on any atom is 0.0530 e. The van der Waals surface area contributed by atoms with Crippen LogP contribution < -0.4 is 10.6 Å². The molecule has 0 saturated heterocycles. The molecule has 0 bridgehead atoms. The Morgan fingerprint density at radius 1 is 0.636 bits per heavy atom. The lowest BCUT2D eigenvalue weighted by molar-refractivity contribution is 0.593. The lowest BCUT2D eigenvalue weighted by atomic mass is 9.87. The SMILES string of the molecule is CC(C)(C)c1ccccc1P(Cl)c1ccccc1C(C)(C)C. The van der Waals surface area contributed by atoms with Gasteiger partial charge in [0.05, 0.1) is 7.27 Å². The second-order valence-electron chi connectivity index (χ2n) is 7.82. The first kappa shape index (κ1) is 17.5. The molecule has 0 aliphatic heterocycles.